The molecule has 3 aromatic rings. The van der Waals surface area contributed by atoms with Crippen molar-refractivity contribution in [1.82, 2.24) is 15.1 Å². The van der Waals surface area contributed by atoms with E-state index in [4.69, 9.17) is 8.83 Å². The number of nitrogens with zero attached hydrogens (tertiary/aromatic N) is 3. The number of hydrogen-bond donors (Lipinski definition) is 1. The normalized spacial score (nSPS) is 11.7. The Labute approximate surface area is 168 Å². The summed E-state index contributed by atoms with van der Waals surface area (Å²) in [6.07, 6.45) is 3.43. The SMILES string of the molecule is CCCN(CC(=O)Nc1ccccc1S(C)(=O)=O)Cc1nnc(-c2ccco2)o1. The summed E-state index contributed by atoms with van der Waals surface area (Å²) in [6, 6.07) is 9.74. The molecule has 0 radical (unpaired) electrons. The van der Waals surface area contributed by atoms with Crippen molar-refractivity contribution in [3.63, 3.8) is 0 Å². The third kappa shape index (κ3) is 5.52. The lowest BCUT2D eigenvalue weighted by atomic mass is 10.3. The molecule has 2 heterocycles. The second kappa shape index (κ2) is 9.01. The molecule has 0 fully saturated rings. The zero-order valence-electron chi connectivity index (χ0n) is 16.2. The highest BCUT2D eigenvalue weighted by Gasteiger charge is 2.18. The van der Waals surface area contributed by atoms with Crippen LogP contribution in [0.5, 0.6) is 0 Å². The molecule has 0 bridgehead atoms. The van der Waals surface area contributed by atoms with Crippen LogP contribution in [-0.2, 0) is 21.2 Å². The van der Waals surface area contributed by atoms with Crippen molar-refractivity contribution >= 4 is 21.4 Å². The third-order valence-electron chi connectivity index (χ3n) is 4.03. The van der Waals surface area contributed by atoms with E-state index in [0.717, 1.165) is 12.7 Å². The molecule has 154 valence electrons. The highest BCUT2D eigenvalue weighted by molar-refractivity contribution is 7.90. The van der Waals surface area contributed by atoms with Crippen molar-refractivity contribution in [1.29, 1.82) is 0 Å². The van der Waals surface area contributed by atoms with E-state index in [-0.39, 0.29) is 35.5 Å². The van der Waals surface area contributed by atoms with Gasteiger partial charge in [-0.25, -0.2) is 8.42 Å². The Kier molecular flexibility index (Phi) is 6.45. The number of para-hydroxylation sites is 1. The summed E-state index contributed by atoms with van der Waals surface area (Å²) in [7, 11) is -3.46. The fraction of sp³-hybridized carbons (Fsp3) is 0.316. The zero-order valence-corrected chi connectivity index (χ0v) is 17.0. The summed E-state index contributed by atoms with van der Waals surface area (Å²) in [4.78, 5) is 14.5. The Morgan fingerprint density at radius 3 is 2.66 bits per heavy atom. The molecule has 3 rings (SSSR count). The number of anilines is 1. The Morgan fingerprint density at radius 2 is 1.97 bits per heavy atom. The van der Waals surface area contributed by atoms with Crippen LogP contribution in [-0.4, -0.2) is 48.8 Å². The molecule has 0 aliphatic heterocycles. The van der Waals surface area contributed by atoms with Crippen LogP contribution in [0.3, 0.4) is 0 Å². The van der Waals surface area contributed by atoms with E-state index in [1.165, 1.54) is 12.3 Å². The number of sulfone groups is 1. The summed E-state index contributed by atoms with van der Waals surface area (Å²) < 4.78 is 34.6. The van der Waals surface area contributed by atoms with Gasteiger partial charge in [0.1, 0.15) is 0 Å². The van der Waals surface area contributed by atoms with Crippen LogP contribution in [0.4, 0.5) is 5.69 Å². The van der Waals surface area contributed by atoms with Gasteiger partial charge in [0.25, 0.3) is 5.89 Å². The molecule has 0 saturated carbocycles. The number of carbonyl (C=O) groups excluding carboxylic acids is 1. The predicted octanol–water partition coefficient (Wildman–Crippen LogP) is 2.58. The number of amides is 1. The minimum atomic E-state index is -3.46. The summed E-state index contributed by atoms with van der Waals surface area (Å²) in [5.74, 6) is 0.767. The maximum absolute atomic E-state index is 12.5. The number of aromatic nitrogens is 2. The van der Waals surface area contributed by atoms with Crippen molar-refractivity contribution in [3.8, 4) is 11.7 Å². The lowest BCUT2D eigenvalue weighted by molar-refractivity contribution is -0.117. The van der Waals surface area contributed by atoms with E-state index in [1.54, 1.807) is 30.3 Å². The summed E-state index contributed by atoms with van der Waals surface area (Å²) >= 11 is 0. The van der Waals surface area contributed by atoms with Crippen molar-refractivity contribution in [2.24, 2.45) is 0 Å². The van der Waals surface area contributed by atoms with E-state index in [9.17, 15) is 13.2 Å². The van der Waals surface area contributed by atoms with Gasteiger partial charge in [-0.1, -0.05) is 19.1 Å². The molecule has 0 atom stereocenters. The van der Waals surface area contributed by atoms with Crippen LogP contribution in [0.25, 0.3) is 11.7 Å². The Hall–Kier alpha value is -2.98. The molecule has 29 heavy (non-hydrogen) atoms. The van der Waals surface area contributed by atoms with Gasteiger partial charge in [-0.15, -0.1) is 10.2 Å². The average molecular weight is 418 g/mol. The first-order valence-corrected chi connectivity index (χ1v) is 10.9. The predicted molar refractivity (Wildman–Crippen MR) is 106 cm³/mol. The molecule has 9 nitrogen and oxygen atoms in total. The Morgan fingerprint density at radius 1 is 1.17 bits per heavy atom. The van der Waals surface area contributed by atoms with E-state index < -0.39 is 9.84 Å². The largest absolute Gasteiger partial charge is 0.459 e. The second-order valence-corrected chi connectivity index (χ2v) is 8.49. The molecule has 0 aliphatic rings. The fourth-order valence-electron chi connectivity index (χ4n) is 2.82. The summed E-state index contributed by atoms with van der Waals surface area (Å²) in [6.45, 7) is 2.94. The van der Waals surface area contributed by atoms with E-state index in [1.807, 2.05) is 11.8 Å². The first-order chi connectivity index (χ1) is 13.9. The van der Waals surface area contributed by atoms with Gasteiger partial charge in [0, 0.05) is 6.26 Å². The van der Waals surface area contributed by atoms with Crippen molar-refractivity contribution in [2.45, 2.75) is 24.8 Å². The van der Waals surface area contributed by atoms with Gasteiger partial charge in [-0.2, -0.15) is 0 Å². The average Bonchev–Trinajstić information content (AvgIpc) is 3.33. The molecule has 0 spiro atoms. The lowest BCUT2D eigenvalue weighted by Crippen LogP contribution is -2.33. The second-order valence-electron chi connectivity index (χ2n) is 6.51. The monoisotopic (exact) mass is 418 g/mol. The van der Waals surface area contributed by atoms with Crippen molar-refractivity contribution < 1.29 is 22.0 Å². The smallest absolute Gasteiger partial charge is 0.283 e. The van der Waals surface area contributed by atoms with Crippen LogP contribution in [0.2, 0.25) is 0 Å². The van der Waals surface area contributed by atoms with Gasteiger partial charge in [0.2, 0.25) is 11.8 Å². The highest BCUT2D eigenvalue weighted by Crippen LogP contribution is 2.21. The van der Waals surface area contributed by atoms with E-state index in [2.05, 4.69) is 15.5 Å². The van der Waals surface area contributed by atoms with Crippen LogP contribution in [0, 0.1) is 0 Å². The van der Waals surface area contributed by atoms with E-state index in [0.29, 0.717) is 18.2 Å². The number of hydrogen-bond acceptors (Lipinski definition) is 8. The number of nitrogens with one attached hydrogen (secondary N) is 1. The van der Waals surface area contributed by atoms with Gasteiger partial charge < -0.3 is 14.2 Å². The minimum Gasteiger partial charge on any atom is -0.459 e. The molecule has 1 aromatic carbocycles. The first kappa shape index (κ1) is 20.7. The zero-order chi connectivity index (χ0) is 20.9. The van der Waals surface area contributed by atoms with Crippen LogP contribution in [0.1, 0.15) is 19.2 Å². The quantitative estimate of drug-likeness (QED) is 0.563. The number of carbonyl (C=O) groups is 1. The standard InChI is InChI=1S/C19H22N4O5S/c1-3-10-23(13-18-21-22-19(28-18)15-8-6-11-27-15)12-17(24)20-14-7-4-5-9-16(14)29(2,25)26/h4-9,11H,3,10,12-13H2,1-2H3,(H,20,24). The summed E-state index contributed by atoms with van der Waals surface area (Å²) in [5, 5.41) is 10.6. The molecular formula is C19H22N4O5S. The number of furan rings is 1. The maximum atomic E-state index is 12.5. The molecule has 1 N–H and O–H groups in total. The number of benzene rings is 1. The van der Waals surface area contributed by atoms with Gasteiger partial charge in [-0.05, 0) is 37.2 Å². The fourth-order valence-corrected chi connectivity index (χ4v) is 3.67. The number of rotatable bonds is 9. The van der Waals surface area contributed by atoms with Crippen LogP contribution < -0.4 is 5.32 Å². The van der Waals surface area contributed by atoms with Crippen molar-refractivity contribution in [2.75, 3.05) is 24.7 Å². The first-order valence-electron chi connectivity index (χ1n) is 9.04. The topological polar surface area (TPSA) is 119 Å². The molecule has 0 saturated heterocycles. The maximum Gasteiger partial charge on any atom is 0.283 e. The Balaban J connectivity index is 1.67. The molecule has 10 heteroatoms. The van der Waals surface area contributed by atoms with Crippen molar-refractivity contribution in [3.05, 3.63) is 48.6 Å². The van der Waals surface area contributed by atoms with Crippen LogP contribution >= 0.6 is 0 Å². The Bertz CT molecular complexity index is 1060. The molecular weight excluding hydrogens is 396 g/mol. The third-order valence-corrected chi connectivity index (χ3v) is 5.18. The lowest BCUT2D eigenvalue weighted by Gasteiger charge is -2.19. The molecule has 2 aromatic heterocycles. The minimum absolute atomic E-state index is 0.0460. The van der Waals surface area contributed by atoms with E-state index >= 15 is 0 Å². The van der Waals surface area contributed by atoms with Gasteiger partial charge >= 0.3 is 0 Å². The molecule has 1 amide bonds. The molecule has 0 aliphatic carbocycles. The van der Waals surface area contributed by atoms with Crippen LogP contribution in [0.15, 0.2) is 56.4 Å². The van der Waals surface area contributed by atoms with Gasteiger partial charge in [0.15, 0.2) is 15.6 Å². The van der Waals surface area contributed by atoms with Gasteiger partial charge in [0.05, 0.1) is 29.9 Å². The molecule has 0 unspecified atom stereocenters. The summed E-state index contributed by atoms with van der Waals surface area (Å²) in [5.41, 5.74) is 0.259. The van der Waals surface area contributed by atoms with Gasteiger partial charge in [-0.3, -0.25) is 9.69 Å². The highest BCUT2D eigenvalue weighted by atomic mass is 32.2.